The molecule has 0 aliphatic carbocycles. The number of benzene rings is 1. The molecular formula is C21H23N3O2. The van der Waals surface area contributed by atoms with Crippen molar-refractivity contribution < 1.29 is 9.53 Å². The number of carbonyl (C=O) groups excluding carboxylic acids is 1. The van der Waals surface area contributed by atoms with E-state index in [1.54, 1.807) is 37.5 Å². The third-order valence-electron chi connectivity index (χ3n) is 3.66. The fourth-order valence-corrected chi connectivity index (χ4v) is 2.16. The molecule has 1 heterocycles. The van der Waals surface area contributed by atoms with Crippen molar-refractivity contribution in [3.05, 3.63) is 90.7 Å². The molecular weight excluding hydrogens is 326 g/mol. The molecule has 0 fully saturated rings. The van der Waals surface area contributed by atoms with Crippen molar-refractivity contribution in [1.29, 1.82) is 0 Å². The Morgan fingerprint density at radius 2 is 1.96 bits per heavy atom. The molecule has 1 aromatic carbocycles. The normalized spacial score (nSPS) is 10.7. The third-order valence-corrected chi connectivity index (χ3v) is 3.66. The highest BCUT2D eigenvalue weighted by atomic mass is 16.5. The minimum absolute atomic E-state index is 0.161. The van der Waals surface area contributed by atoms with Crippen LogP contribution < -0.4 is 15.4 Å². The molecule has 0 saturated heterocycles. The molecule has 0 bridgehead atoms. The van der Waals surface area contributed by atoms with Crippen molar-refractivity contribution >= 4 is 11.7 Å². The first-order chi connectivity index (χ1) is 12.7. The standard InChI is InChI=1S/C21H23N3O2/c1-4-6-16(5-2)15-26-19-10-7-17(8-11-19)13-24-21(25)18-9-12-20(22-3)23-14-18/h4-12,14H,1-2,13,15H2,3H3,(H,22,23)(H,24,25)/b16-6+. The number of nitrogens with one attached hydrogen (secondary N) is 2. The molecule has 0 aliphatic rings. The van der Waals surface area contributed by atoms with Gasteiger partial charge in [-0.15, -0.1) is 0 Å². The number of hydrogen-bond donors (Lipinski definition) is 2. The SMILES string of the molecule is C=C/C=C(\C=C)COc1ccc(CNC(=O)c2ccc(NC)nc2)cc1. The number of pyridine rings is 1. The average Bonchev–Trinajstić information content (AvgIpc) is 2.70. The monoisotopic (exact) mass is 349 g/mol. The van der Waals surface area contributed by atoms with E-state index in [9.17, 15) is 4.79 Å². The molecule has 134 valence electrons. The van der Waals surface area contributed by atoms with Gasteiger partial charge in [-0.3, -0.25) is 4.79 Å². The summed E-state index contributed by atoms with van der Waals surface area (Å²) >= 11 is 0. The van der Waals surface area contributed by atoms with Crippen LogP contribution in [-0.4, -0.2) is 24.5 Å². The first-order valence-corrected chi connectivity index (χ1v) is 8.24. The molecule has 0 saturated carbocycles. The molecule has 1 aromatic heterocycles. The van der Waals surface area contributed by atoms with Crippen LogP contribution in [0.2, 0.25) is 0 Å². The van der Waals surface area contributed by atoms with Gasteiger partial charge in [0, 0.05) is 19.8 Å². The summed E-state index contributed by atoms with van der Waals surface area (Å²) < 4.78 is 5.69. The van der Waals surface area contributed by atoms with E-state index in [0.717, 1.165) is 22.7 Å². The van der Waals surface area contributed by atoms with Crippen LogP contribution in [0.15, 0.2) is 79.6 Å². The van der Waals surface area contributed by atoms with Crippen molar-refractivity contribution in [2.75, 3.05) is 19.0 Å². The predicted molar refractivity (Wildman–Crippen MR) is 105 cm³/mol. The van der Waals surface area contributed by atoms with E-state index in [1.807, 2.05) is 30.3 Å². The molecule has 26 heavy (non-hydrogen) atoms. The lowest BCUT2D eigenvalue weighted by Gasteiger charge is -2.09. The van der Waals surface area contributed by atoms with Crippen LogP contribution in [0.3, 0.4) is 0 Å². The number of rotatable bonds is 9. The number of anilines is 1. The van der Waals surface area contributed by atoms with Crippen LogP contribution in [0.1, 0.15) is 15.9 Å². The Bertz CT molecular complexity index is 778. The zero-order valence-corrected chi connectivity index (χ0v) is 14.9. The van der Waals surface area contributed by atoms with E-state index in [1.165, 1.54) is 0 Å². The molecule has 2 rings (SSSR count). The van der Waals surface area contributed by atoms with Gasteiger partial charge in [0.15, 0.2) is 0 Å². The Labute approximate surface area is 154 Å². The summed E-state index contributed by atoms with van der Waals surface area (Å²) in [5, 5.41) is 5.79. The van der Waals surface area contributed by atoms with Crippen molar-refractivity contribution in [2.45, 2.75) is 6.54 Å². The largest absolute Gasteiger partial charge is 0.489 e. The lowest BCUT2D eigenvalue weighted by Crippen LogP contribution is -2.22. The fourth-order valence-electron chi connectivity index (χ4n) is 2.16. The molecule has 0 atom stereocenters. The Hall–Kier alpha value is -3.34. The van der Waals surface area contributed by atoms with Crippen LogP contribution in [0.5, 0.6) is 5.75 Å². The lowest BCUT2D eigenvalue weighted by atomic mass is 10.2. The van der Waals surface area contributed by atoms with Crippen LogP contribution in [0.25, 0.3) is 0 Å². The molecule has 1 amide bonds. The van der Waals surface area contributed by atoms with Crippen molar-refractivity contribution in [1.82, 2.24) is 10.3 Å². The van der Waals surface area contributed by atoms with E-state index < -0.39 is 0 Å². The van der Waals surface area contributed by atoms with Gasteiger partial charge >= 0.3 is 0 Å². The number of nitrogens with zero attached hydrogens (tertiary/aromatic N) is 1. The van der Waals surface area contributed by atoms with Gasteiger partial charge in [0.1, 0.15) is 18.2 Å². The summed E-state index contributed by atoms with van der Waals surface area (Å²) in [6, 6.07) is 11.1. The number of amides is 1. The molecule has 0 unspecified atom stereocenters. The Balaban J connectivity index is 1.86. The molecule has 5 nitrogen and oxygen atoms in total. The number of carbonyl (C=O) groups is 1. The second-order valence-electron chi connectivity index (χ2n) is 5.48. The van der Waals surface area contributed by atoms with Gasteiger partial charge in [-0.2, -0.15) is 0 Å². The highest BCUT2D eigenvalue weighted by Crippen LogP contribution is 2.14. The van der Waals surface area contributed by atoms with Gasteiger partial charge in [-0.05, 0) is 35.4 Å². The summed E-state index contributed by atoms with van der Waals surface area (Å²) in [5.74, 6) is 1.31. The highest BCUT2D eigenvalue weighted by Gasteiger charge is 2.06. The van der Waals surface area contributed by atoms with Gasteiger partial charge in [-0.25, -0.2) is 4.98 Å². The quantitative estimate of drug-likeness (QED) is 0.677. The number of ether oxygens (including phenoxy) is 1. The maximum absolute atomic E-state index is 12.1. The first kappa shape index (κ1) is 19.0. The topological polar surface area (TPSA) is 63.2 Å². The van der Waals surface area contributed by atoms with Crippen LogP contribution in [0, 0.1) is 0 Å². The van der Waals surface area contributed by atoms with Crippen LogP contribution in [-0.2, 0) is 6.54 Å². The van der Waals surface area contributed by atoms with Crippen LogP contribution in [0.4, 0.5) is 5.82 Å². The van der Waals surface area contributed by atoms with E-state index in [2.05, 4.69) is 28.8 Å². The summed E-state index contributed by atoms with van der Waals surface area (Å²) in [6.45, 7) is 8.26. The third kappa shape index (κ3) is 5.63. The average molecular weight is 349 g/mol. The van der Waals surface area contributed by atoms with Crippen molar-refractivity contribution in [3.63, 3.8) is 0 Å². The van der Waals surface area contributed by atoms with Gasteiger partial charge in [0.05, 0.1) is 5.56 Å². The molecule has 0 radical (unpaired) electrons. The fraction of sp³-hybridized carbons (Fsp3) is 0.143. The Morgan fingerprint density at radius 1 is 1.19 bits per heavy atom. The molecule has 2 aromatic rings. The van der Waals surface area contributed by atoms with Gasteiger partial charge in [0.25, 0.3) is 5.91 Å². The van der Waals surface area contributed by atoms with Crippen molar-refractivity contribution in [2.24, 2.45) is 0 Å². The smallest absolute Gasteiger partial charge is 0.253 e. The van der Waals surface area contributed by atoms with E-state index in [0.29, 0.717) is 18.7 Å². The summed E-state index contributed by atoms with van der Waals surface area (Å²) in [5.41, 5.74) is 2.46. The Morgan fingerprint density at radius 3 is 2.54 bits per heavy atom. The molecule has 2 N–H and O–H groups in total. The number of hydrogen-bond acceptors (Lipinski definition) is 4. The number of aromatic nitrogens is 1. The first-order valence-electron chi connectivity index (χ1n) is 8.24. The van der Waals surface area contributed by atoms with E-state index >= 15 is 0 Å². The maximum Gasteiger partial charge on any atom is 0.253 e. The number of allylic oxidation sites excluding steroid dienone is 2. The van der Waals surface area contributed by atoms with Gasteiger partial charge in [0.2, 0.25) is 0 Å². The minimum Gasteiger partial charge on any atom is -0.489 e. The molecule has 0 aliphatic heterocycles. The predicted octanol–water partition coefficient (Wildman–Crippen LogP) is 3.73. The summed E-state index contributed by atoms with van der Waals surface area (Å²) in [6.07, 6.45) is 6.85. The van der Waals surface area contributed by atoms with Gasteiger partial charge < -0.3 is 15.4 Å². The summed E-state index contributed by atoms with van der Waals surface area (Å²) in [7, 11) is 1.78. The van der Waals surface area contributed by atoms with Crippen LogP contribution >= 0.6 is 0 Å². The van der Waals surface area contributed by atoms with Crippen molar-refractivity contribution in [3.8, 4) is 5.75 Å². The second kappa shape index (κ2) is 9.84. The molecule has 5 heteroatoms. The lowest BCUT2D eigenvalue weighted by molar-refractivity contribution is 0.0950. The zero-order valence-electron chi connectivity index (χ0n) is 14.9. The molecule has 0 spiro atoms. The summed E-state index contributed by atoms with van der Waals surface area (Å²) in [4.78, 5) is 16.3. The highest BCUT2D eigenvalue weighted by molar-refractivity contribution is 5.93. The van der Waals surface area contributed by atoms with E-state index in [-0.39, 0.29) is 5.91 Å². The zero-order chi connectivity index (χ0) is 18.8. The maximum atomic E-state index is 12.1. The van der Waals surface area contributed by atoms with Gasteiger partial charge in [-0.1, -0.05) is 43.5 Å². The Kier molecular flexibility index (Phi) is 7.18. The second-order valence-corrected chi connectivity index (χ2v) is 5.48. The van der Waals surface area contributed by atoms with E-state index in [4.69, 9.17) is 4.74 Å². The minimum atomic E-state index is -0.161.